The van der Waals surface area contributed by atoms with Crippen molar-refractivity contribution in [1.82, 2.24) is 15.0 Å². The topological polar surface area (TPSA) is 51.8 Å². The van der Waals surface area contributed by atoms with Crippen molar-refractivity contribution in [2.45, 2.75) is 30.5 Å². The quantitative estimate of drug-likeness (QED) is 0.531. The van der Waals surface area contributed by atoms with E-state index in [-0.39, 0.29) is 5.28 Å². The van der Waals surface area contributed by atoms with Crippen LogP contribution in [0.2, 0.25) is 5.28 Å². The molecule has 0 radical (unpaired) electrons. The number of aryl methyl sites for hydroxylation is 2. The monoisotopic (exact) mass is 311 g/mol. The average Bonchev–Trinajstić information content (AvgIpc) is 2.95. The van der Waals surface area contributed by atoms with Gasteiger partial charge in [-0.15, -0.1) is 11.3 Å². The summed E-state index contributed by atoms with van der Waals surface area (Å²) in [5.41, 5.74) is 0.846. The van der Waals surface area contributed by atoms with Crippen molar-refractivity contribution in [3.05, 3.63) is 28.2 Å². The summed E-state index contributed by atoms with van der Waals surface area (Å²) in [5, 5.41) is 2.61. The van der Waals surface area contributed by atoms with E-state index < -0.39 is 0 Å². The van der Waals surface area contributed by atoms with Crippen molar-refractivity contribution in [1.29, 1.82) is 0 Å². The predicted octanol–water partition coefficient (Wildman–Crippen LogP) is 4.35. The van der Waals surface area contributed by atoms with E-state index in [1.54, 1.807) is 17.6 Å². The molecular weight excluding hydrogens is 302 g/mol. The summed E-state index contributed by atoms with van der Waals surface area (Å²) >= 11 is 8.98. The molecular formula is C12H10ClN3OS2. The van der Waals surface area contributed by atoms with Gasteiger partial charge in [0.1, 0.15) is 16.1 Å². The second-order valence-electron chi connectivity index (χ2n) is 3.94. The van der Waals surface area contributed by atoms with E-state index in [1.807, 2.05) is 6.92 Å². The molecule has 3 heterocycles. The minimum atomic E-state index is 0.253. The van der Waals surface area contributed by atoms with Gasteiger partial charge in [-0.05, 0) is 42.8 Å². The zero-order valence-electron chi connectivity index (χ0n) is 10.3. The van der Waals surface area contributed by atoms with Crippen LogP contribution in [0.4, 0.5) is 0 Å². The van der Waals surface area contributed by atoms with Crippen LogP contribution in [-0.2, 0) is 6.42 Å². The van der Waals surface area contributed by atoms with Crippen LogP contribution in [0.1, 0.15) is 17.5 Å². The van der Waals surface area contributed by atoms with E-state index in [2.05, 4.69) is 27.9 Å². The molecule has 0 aliphatic carbocycles. The Morgan fingerprint density at radius 3 is 2.89 bits per heavy atom. The number of oxazole rings is 1. The molecule has 19 heavy (non-hydrogen) atoms. The molecule has 3 rings (SSSR count). The maximum atomic E-state index is 5.97. The first kappa shape index (κ1) is 12.9. The van der Waals surface area contributed by atoms with Crippen LogP contribution >= 0.6 is 34.7 Å². The van der Waals surface area contributed by atoms with Crippen LogP contribution in [0.3, 0.4) is 0 Å². The number of thiophene rings is 1. The van der Waals surface area contributed by atoms with Gasteiger partial charge in [-0.1, -0.05) is 6.92 Å². The SMILES string of the molecule is CCc1cc2c(Sc3nc(C)co3)nc(Cl)nc2s1. The summed E-state index contributed by atoms with van der Waals surface area (Å²) in [5.74, 6) is 0. The van der Waals surface area contributed by atoms with Crippen LogP contribution in [-0.4, -0.2) is 15.0 Å². The van der Waals surface area contributed by atoms with E-state index in [0.29, 0.717) is 5.22 Å². The van der Waals surface area contributed by atoms with Crippen LogP contribution in [0.5, 0.6) is 0 Å². The lowest BCUT2D eigenvalue weighted by atomic mass is 10.3. The lowest BCUT2D eigenvalue weighted by Crippen LogP contribution is -1.86. The molecule has 0 fully saturated rings. The fourth-order valence-corrected chi connectivity index (χ4v) is 3.78. The minimum Gasteiger partial charge on any atom is -0.439 e. The zero-order chi connectivity index (χ0) is 13.4. The number of aromatic nitrogens is 3. The van der Waals surface area contributed by atoms with E-state index in [4.69, 9.17) is 16.0 Å². The van der Waals surface area contributed by atoms with Crippen LogP contribution < -0.4 is 0 Å². The van der Waals surface area contributed by atoms with Gasteiger partial charge in [-0.2, -0.15) is 0 Å². The molecule has 0 aliphatic rings. The van der Waals surface area contributed by atoms with Crippen molar-refractivity contribution in [3.63, 3.8) is 0 Å². The van der Waals surface area contributed by atoms with E-state index in [1.165, 1.54) is 16.6 Å². The van der Waals surface area contributed by atoms with Crippen molar-refractivity contribution in [2.24, 2.45) is 0 Å². The molecule has 0 atom stereocenters. The fourth-order valence-electron chi connectivity index (χ4n) is 1.63. The third-order valence-electron chi connectivity index (χ3n) is 2.51. The highest BCUT2D eigenvalue weighted by molar-refractivity contribution is 7.99. The number of hydrogen-bond donors (Lipinski definition) is 0. The Bertz CT molecular complexity index is 738. The smallest absolute Gasteiger partial charge is 0.262 e. The number of fused-ring (bicyclic) bond motifs is 1. The third-order valence-corrected chi connectivity index (χ3v) is 4.72. The average molecular weight is 312 g/mol. The maximum absolute atomic E-state index is 5.97. The highest BCUT2D eigenvalue weighted by atomic mass is 35.5. The maximum Gasteiger partial charge on any atom is 0.262 e. The Morgan fingerprint density at radius 2 is 2.21 bits per heavy atom. The molecule has 0 saturated carbocycles. The van der Waals surface area contributed by atoms with Gasteiger partial charge in [0.05, 0.1) is 5.69 Å². The molecule has 3 aromatic rings. The van der Waals surface area contributed by atoms with Crippen LogP contribution in [0, 0.1) is 6.92 Å². The molecule has 0 spiro atoms. The number of halogens is 1. The first-order valence-electron chi connectivity index (χ1n) is 5.71. The second-order valence-corrected chi connectivity index (χ2v) is 6.33. The summed E-state index contributed by atoms with van der Waals surface area (Å²) in [6, 6.07) is 2.11. The molecule has 3 aromatic heterocycles. The summed E-state index contributed by atoms with van der Waals surface area (Å²) in [6.45, 7) is 4.00. The third kappa shape index (κ3) is 2.61. The van der Waals surface area contributed by atoms with Crippen molar-refractivity contribution < 1.29 is 4.42 Å². The Kier molecular flexibility index (Phi) is 3.47. The van der Waals surface area contributed by atoms with Gasteiger partial charge < -0.3 is 4.42 Å². The fraction of sp³-hybridized carbons (Fsp3) is 0.250. The van der Waals surface area contributed by atoms with Crippen molar-refractivity contribution in [2.75, 3.05) is 0 Å². The first-order valence-corrected chi connectivity index (χ1v) is 7.72. The van der Waals surface area contributed by atoms with Gasteiger partial charge >= 0.3 is 0 Å². The second kappa shape index (κ2) is 5.11. The first-order chi connectivity index (χ1) is 9.15. The standard InChI is InChI=1S/C12H10ClN3OS2/c1-3-7-4-8-9(18-7)15-11(13)16-10(8)19-12-14-6(2)5-17-12/h4-5H,3H2,1-2H3. The normalized spacial score (nSPS) is 11.3. The van der Waals surface area contributed by atoms with Gasteiger partial charge in [0.25, 0.3) is 5.22 Å². The number of rotatable bonds is 3. The predicted molar refractivity (Wildman–Crippen MR) is 77.2 cm³/mol. The van der Waals surface area contributed by atoms with Crippen LogP contribution in [0.25, 0.3) is 10.2 Å². The molecule has 4 nitrogen and oxygen atoms in total. The molecule has 0 N–H and O–H groups in total. The van der Waals surface area contributed by atoms with E-state index >= 15 is 0 Å². The Balaban J connectivity index is 2.08. The highest BCUT2D eigenvalue weighted by Gasteiger charge is 2.14. The summed E-state index contributed by atoms with van der Waals surface area (Å²) in [6.07, 6.45) is 2.59. The molecule has 0 unspecified atom stereocenters. The number of nitrogens with zero attached hydrogens (tertiary/aromatic N) is 3. The molecule has 7 heteroatoms. The summed E-state index contributed by atoms with van der Waals surface area (Å²) in [4.78, 5) is 15.0. The van der Waals surface area contributed by atoms with E-state index in [0.717, 1.165) is 27.4 Å². The molecule has 0 aromatic carbocycles. The van der Waals surface area contributed by atoms with Gasteiger partial charge in [0, 0.05) is 10.3 Å². The highest BCUT2D eigenvalue weighted by Crippen LogP contribution is 2.35. The van der Waals surface area contributed by atoms with E-state index in [9.17, 15) is 0 Å². The molecule has 0 saturated heterocycles. The molecule has 0 bridgehead atoms. The summed E-state index contributed by atoms with van der Waals surface area (Å²) < 4.78 is 5.34. The van der Waals surface area contributed by atoms with Crippen molar-refractivity contribution >= 4 is 44.9 Å². The van der Waals surface area contributed by atoms with Gasteiger partial charge in [-0.3, -0.25) is 0 Å². The van der Waals surface area contributed by atoms with Gasteiger partial charge in [-0.25, -0.2) is 15.0 Å². The molecule has 0 amide bonds. The lowest BCUT2D eigenvalue weighted by Gasteiger charge is -1.98. The lowest BCUT2D eigenvalue weighted by molar-refractivity contribution is 0.454. The minimum absolute atomic E-state index is 0.253. The largest absolute Gasteiger partial charge is 0.439 e. The van der Waals surface area contributed by atoms with Gasteiger partial charge in [0.15, 0.2) is 0 Å². The summed E-state index contributed by atoms with van der Waals surface area (Å²) in [7, 11) is 0. The van der Waals surface area contributed by atoms with Crippen LogP contribution in [0.15, 0.2) is 27.0 Å². The van der Waals surface area contributed by atoms with Gasteiger partial charge in [0.2, 0.25) is 5.28 Å². The Hall–Kier alpha value is -1.11. The Labute approximate surface area is 123 Å². The molecule has 98 valence electrons. The zero-order valence-corrected chi connectivity index (χ0v) is 12.7. The molecule has 0 aliphatic heterocycles. The number of hydrogen-bond acceptors (Lipinski definition) is 6. The Morgan fingerprint density at radius 1 is 1.37 bits per heavy atom. The van der Waals surface area contributed by atoms with Crippen molar-refractivity contribution in [3.8, 4) is 0 Å².